The van der Waals surface area contributed by atoms with Gasteiger partial charge in [-0.3, -0.25) is 4.79 Å². The fraction of sp³-hybridized carbons (Fsp3) is 0.286. The second-order valence-electron chi connectivity index (χ2n) is 1.70. The van der Waals surface area contributed by atoms with Gasteiger partial charge in [-0.15, -0.1) is 0 Å². The molecule has 1 N–H and O–H groups in total. The van der Waals surface area contributed by atoms with Gasteiger partial charge >= 0.3 is 6.09 Å². The average molecular weight is 171 g/mol. The SMILES string of the molecule is CCOC(=O)/N=C/C(C=O)=C\O. The lowest BCUT2D eigenvalue weighted by Gasteiger charge is -1.92. The minimum absolute atomic E-state index is 0.0944. The molecule has 0 spiro atoms. The minimum Gasteiger partial charge on any atom is -0.515 e. The standard InChI is InChI=1S/C7H9NO4/c1-2-12-7(11)8-3-6(4-9)5-10/h3-5,9H,2H2,1H3/b6-4+,8-3+. The molecule has 66 valence electrons. The Morgan fingerprint density at radius 2 is 2.33 bits per heavy atom. The van der Waals surface area contributed by atoms with Crippen LogP contribution in [-0.2, 0) is 9.53 Å². The molecule has 5 nitrogen and oxygen atoms in total. The van der Waals surface area contributed by atoms with Crippen LogP contribution < -0.4 is 0 Å². The topological polar surface area (TPSA) is 76.0 Å². The predicted molar refractivity (Wildman–Crippen MR) is 42.3 cm³/mol. The van der Waals surface area contributed by atoms with Gasteiger partial charge in [-0.05, 0) is 6.92 Å². The third kappa shape index (κ3) is 4.21. The van der Waals surface area contributed by atoms with Crippen molar-refractivity contribution in [2.45, 2.75) is 6.92 Å². The Morgan fingerprint density at radius 3 is 2.75 bits per heavy atom. The Kier molecular flexibility index (Phi) is 5.25. The van der Waals surface area contributed by atoms with Crippen LogP contribution >= 0.6 is 0 Å². The quantitative estimate of drug-likeness (QED) is 0.295. The van der Waals surface area contributed by atoms with E-state index in [0.717, 1.165) is 6.21 Å². The molecule has 0 aromatic heterocycles. The van der Waals surface area contributed by atoms with Crippen LogP contribution in [0.4, 0.5) is 4.79 Å². The summed E-state index contributed by atoms with van der Waals surface area (Å²) in [4.78, 5) is 23.8. The van der Waals surface area contributed by atoms with Crippen LogP contribution in [0.25, 0.3) is 0 Å². The highest BCUT2D eigenvalue weighted by molar-refractivity contribution is 6.04. The zero-order valence-electron chi connectivity index (χ0n) is 6.56. The van der Waals surface area contributed by atoms with Gasteiger partial charge in [-0.25, -0.2) is 4.79 Å². The predicted octanol–water partition coefficient (Wildman–Crippen LogP) is 0.855. The lowest BCUT2D eigenvalue weighted by molar-refractivity contribution is -0.104. The molecule has 0 heterocycles. The molecule has 5 heteroatoms. The molecule has 12 heavy (non-hydrogen) atoms. The summed E-state index contributed by atoms with van der Waals surface area (Å²) in [6.45, 7) is 1.85. The van der Waals surface area contributed by atoms with Crippen molar-refractivity contribution in [3.63, 3.8) is 0 Å². The van der Waals surface area contributed by atoms with Crippen molar-refractivity contribution in [2.75, 3.05) is 6.61 Å². The molecule has 0 atom stereocenters. The van der Waals surface area contributed by atoms with Crippen LogP contribution in [0.1, 0.15) is 6.92 Å². The fourth-order valence-electron chi connectivity index (χ4n) is 0.382. The van der Waals surface area contributed by atoms with Crippen molar-refractivity contribution in [3.05, 3.63) is 11.8 Å². The van der Waals surface area contributed by atoms with Gasteiger partial charge in [0, 0.05) is 6.21 Å². The van der Waals surface area contributed by atoms with Crippen molar-refractivity contribution in [3.8, 4) is 0 Å². The molecule has 0 saturated carbocycles. The number of rotatable bonds is 3. The first-order chi connectivity index (χ1) is 5.74. The Balaban J connectivity index is 4.04. The maximum atomic E-state index is 10.5. The second kappa shape index (κ2) is 6.09. The highest BCUT2D eigenvalue weighted by Gasteiger charge is 1.95. The van der Waals surface area contributed by atoms with Gasteiger partial charge < -0.3 is 9.84 Å². The first-order valence-electron chi connectivity index (χ1n) is 3.25. The monoisotopic (exact) mass is 171 g/mol. The molecule has 0 rings (SSSR count). The maximum Gasteiger partial charge on any atom is 0.433 e. The van der Waals surface area contributed by atoms with Crippen LogP contribution in [0.15, 0.2) is 16.8 Å². The minimum atomic E-state index is -0.793. The van der Waals surface area contributed by atoms with Crippen molar-refractivity contribution in [1.29, 1.82) is 0 Å². The third-order valence-electron chi connectivity index (χ3n) is 0.872. The summed E-state index contributed by atoms with van der Waals surface area (Å²) in [5.41, 5.74) is -0.0944. The van der Waals surface area contributed by atoms with Gasteiger partial charge in [-0.2, -0.15) is 4.99 Å². The zero-order valence-corrected chi connectivity index (χ0v) is 6.56. The number of aliphatic hydroxyl groups excluding tert-OH is 1. The van der Waals surface area contributed by atoms with Gasteiger partial charge in [0.15, 0.2) is 6.29 Å². The fourth-order valence-corrected chi connectivity index (χ4v) is 0.382. The number of allylic oxidation sites excluding steroid dienone is 1. The molecule has 0 fully saturated rings. The Bertz CT molecular complexity index is 219. The molecule has 0 aliphatic carbocycles. The lowest BCUT2D eigenvalue weighted by atomic mass is 10.4. The Hall–Kier alpha value is -1.65. The van der Waals surface area contributed by atoms with E-state index in [1.165, 1.54) is 0 Å². The van der Waals surface area contributed by atoms with E-state index in [0.29, 0.717) is 12.5 Å². The van der Waals surface area contributed by atoms with E-state index in [9.17, 15) is 9.59 Å². The summed E-state index contributed by atoms with van der Waals surface area (Å²) < 4.78 is 4.42. The molecule has 0 bridgehead atoms. The smallest absolute Gasteiger partial charge is 0.433 e. The molecule has 0 saturated heterocycles. The summed E-state index contributed by atoms with van der Waals surface area (Å²) >= 11 is 0. The first kappa shape index (κ1) is 10.3. The number of hydrogen-bond acceptors (Lipinski definition) is 4. The van der Waals surface area contributed by atoms with E-state index in [2.05, 4.69) is 9.73 Å². The average Bonchev–Trinajstić information content (AvgIpc) is 2.07. The van der Waals surface area contributed by atoms with Crippen LogP contribution in [0.2, 0.25) is 0 Å². The van der Waals surface area contributed by atoms with Gasteiger partial charge in [0.1, 0.15) is 0 Å². The number of aliphatic imine (C=N–C) groups is 1. The van der Waals surface area contributed by atoms with Crippen LogP contribution in [-0.4, -0.2) is 30.3 Å². The summed E-state index contributed by atoms with van der Waals surface area (Å²) in [6.07, 6.45) is 1.04. The highest BCUT2D eigenvalue weighted by atomic mass is 16.5. The van der Waals surface area contributed by atoms with Crippen molar-refractivity contribution in [2.24, 2.45) is 4.99 Å². The molecular weight excluding hydrogens is 162 g/mol. The van der Waals surface area contributed by atoms with E-state index >= 15 is 0 Å². The first-order valence-corrected chi connectivity index (χ1v) is 3.25. The van der Waals surface area contributed by atoms with E-state index < -0.39 is 6.09 Å². The summed E-state index contributed by atoms with van der Waals surface area (Å²) in [5, 5.41) is 8.33. The number of carbonyl (C=O) groups is 2. The van der Waals surface area contributed by atoms with Crippen LogP contribution in [0.3, 0.4) is 0 Å². The van der Waals surface area contributed by atoms with Gasteiger partial charge in [0.25, 0.3) is 0 Å². The number of aldehydes is 1. The number of amides is 1. The second-order valence-corrected chi connectivity index (χ2v) is 1.70. The molecule has 0 aliphatic rings. The number of aliphatic hydroxyl groups is 1. The summed E-state index contributed by atoms with van der Waals surface area (Å²) in [7, 11) is 0. The molecule has 0 radical (unpaired) electrons. The van der Waals surface area contributed by atoms with Gasteiger partial charge in [0.2, 0.25) is 0 Å². The Labute approximate surface area is 69.4 Å². The highest BCUT2D eigenvalue weighted by Crippen LogP contribution is 1.86. The molecule has 0 unspecified atom stereocenters. The molecular formula is C7H9NO4. The van der Waals surface area contributed by atoms with E-state index in [1.54, 1.807) is 6.92 Å². The third-order valence-corrected chi connectivity index (χ3v) is 0.872. The molecule has 0 aliphatic heterocycles. The van der Waals surface area contributed by atoms with Crippen molar-refractivity contribution in [1.82, 2.24) is 0 Å². The number of carbonyl (C=O) groups excluding carboxylic acids is 2. The molecule has 0 aromatic rings. The zero-order chi connectivity index (χ0) is 9.40. The lowest BCUT2D eigenvalue weighted by Crippen LogP contribution is -1.99. The van der Waals surface area contributed by atoms with Crippen molar-refractivity contribution >= 4 is 18.6 Å². The van der Waals surface area contributed by atoms with E-state index in [1.807, 2.05) is 0 Å². The van der Waals surface area contributed by atoms with Gasteiger partial charge in [0.05, 0.1) is 18.4 Å². The number of ether oxygens (including phenoxy) is 1. The Morgan fingerprint density at radius 1 is 1.67 bits per heavy atom. The van der Waals surface area contributed by atoms with Crippen molar-refractivity contribution < 1.29 is 19.4 Å². The van der Waals surface area contributed by atoms with Crippen LogP contribution in [0, 0.1) is 0 Å². The summed E-state index contributed by atoms with van der Waals surface area (Å²) in [5.74, 6) is 0. The normalized spacial score (nSPS) is 11.6. The number of nitrogens with zero attached hydrogens (tertiary/aromatic N) is 1. The largest absolute Gasteiger partial charge is 0.515 e. The summed E-state index contributed by atoms with van der Waals surface area (Å²) in [6, 6.07) is 0. The molecule has 0 aromatic carbocycles. The molecule has 1 amide bonds. The van der Waals surface area contributed by atoms with Crippen LogP contribution in [0.5, 0.6) is 0 Å². The maximum absolute atomic E-state index is 10.5. The van der Waals surface area contributed by atoms with E-state index in [-0.39, 0.29) is 12.2 Å². The van der Waals surface area contributed by atoms with E-state index in [4.69, 9.17) is 5.11 Å². The number of hydrogen-bond donors (Lipinski definition) is 1. The van der Waals surface area contributed by atoms with Gasteiger partial charge in [-0.1, -0.05) is 0 Å².